The summed E-state index contributed by atoms with van der Waals surface area (Å²) in [5.74, 6) is -2.37. The Morgan fingerprint density at radius 3 is 2.45 bits per heavy atom. The summed E-state index contributed by atoms with van der Waals surface area (Å²) in [7, 11) is 0. The Labute approximate surface area is 179 Å². The first-order chi connectivity index (χ1) is 15.0. The third-order valence-corrected chi connectivity index (χ3v) is 5.32. The second-order valence-electron chi connectivity index (χ2n) is 7.33. The van der Waals surface area contributed by atoms with Gasteiger partial charge in [-0.25, -0.2) is 9.59 Å². The van der Waals surface area contributed by atoms with Crippen molar-refractivity contribution in [2.45, 2.75) is 31.2 Å². The lowest BCUT2D eigenvalue weighted by Crippen LogP contribution is -2.63. The molecule has 1 N–H and O–H groups in total. The zero-order valence-electron chi connectivity index (χ0n) is 16.6. The number of amides is 1. The summed E-state index contributed by atoms with van der Waals surface area (Å²) in [4.78, 5) is 38.5. The lowest BCUT2D eigenvalue weighted by atomic mass is 9.87. The van der Waals surface area contributed by atoms with E-state index in [0.717, 1.165) is 17.2 Å². The molecule has 2 aliphatic rings. The number of carboxylic acids is 1. The molecule has 7 nitrogen and oxygen atoms in total. The van der Waals surface area contributed by atoms with Gasteiger partial charge in [-0.1, -0.05) is 72.8 Å². The number of ether oxygens (including phenoxy) is 2. The molecule has 0 spiro atoms. The highest BCUT2D eigenvalue weighted by molar-refractivity contribution is 5.97. The summed E-state index contributed by atoms with van der Waals surface area (Å²) in [6.07, 6.45) is 3.82. The third-order valence-electron chi connectivity index (χ3n) is 5.32. The second-order valence-corrected chi connectivity index (χ2v) is 7.33. The maximum Gasteiger partial charge on any atom is 0.340 e. The van der Waals surface area contributed by atoms with Gasteiger partial charge in [0.05, 0.1) is 12.5 Å². The van der Waals surface area contributed by atoms with Crippen LogP contribution in [0.1, 0.15) is 24.0 Å². The molecule has 0 bridgehead atoms. The van der Waals surface area contributed by atoms with Crippen molar-refractivity contribution in [1.82, 2.24) is 4.90 Å². The van der Waals surface area contributed by atoms with E-state index >= 15 is 0 Å². The van der Waals surface area contributed by atoms with Crippen LogP contribution in [0.3, 0.4) is 0 Å². The van der Waals surface area contributed by atoms with Crippen molar-refractivity contribution in [3.05, 3.63) is 89.7 Å². The number of fused-ring (bicyclic) bond motifs is 1. The molecule has 2 heterocycles. The fraction of sp³-hybridized carbons (Fsp3) is 0.208. The van der Waals surface area contributed by atoms with E-state index in [1.54, 1.807) is 6.08 Å². The summed E-state index contributed by atoms with van der Waals surface area (Å²) in [6, 6.07) is 18.6. The van der Waals surface area contributed by atoms with E-state index in [-0.39, 0.29) is 31.1 Å². The first-order valence-electron chi connectivity index (χ1n) is 9.87. The Morgan fingerprint density at radius 2 is 1.81 bits per heavy atom. The van der Waals surface area contributed by atoms with E-state index in [1.165, 1.54) is 4.90 Å². The second kappa shape index (κ2) is 8.47. The predicted octanol–water partition coefficient (Wildman–Crippen LogP) is 3.13. The number of esters is 1. The molecule has 1 unspecified atom stereocenters. The third kappa shape index (κ3) is 3.94. The Morgan fingerprint density at radius 1 is 1.13 bits per heavy atom. The minimum atomic E-state index is -1.65. The average Bonchev–Trinajstić information content (AvgIpc) is 3.01. The maximum absolute atomic E-state index is 13.3. The van der Waals surface area contributed by atoms with Gasteiger partial charge in [-0.2, -0.15) is 0 Å². The highest BCUT2D eigenvalue weighted by atomic mass is 16.6. The predicted molar refractivity (Wildman–Crippen MR) is 111 cm³/mol. The molecular weight excluding hydrogens is 398 g/mol. The van der Waals surface area contributed by atoms with Gasteiger partial charge in [0.25, 0.3) is 0 Å². The molecule has 2 fully saturated rings. The molecule has 0 aromatic heterocycles. The van der Waals surface area contributed by atoms with Gasteiger partial charge in [-0.3, -0.25) is 9.69 Å². The summed E-state index contributed by atoms with van der Waals surface area (Å²) in [5.41, 5.74) is 0.0304. The smallest absolute Gasteiger partial charge is 0.340 e. The number of hydrogen-bond acceptors (Lipinski definition) is 5. The molecule has 0 aliphatic carbocycles. The van der Waals surface area contributed by atoms with E-state index in [0.29, 0.717) is 0 Å². The zero-order valence-corrected chi connectivity index (χ0v) is 16.6. The van der Waals surface area contributed by atoms with Crippen molar-refractivity contribution < 1.29 is 29.0 Å². The van der Waals surface area contributed by atoms with E-state index < -0.39 is 23.7 Å². The van der Waals surface area contributed by atoms with Gasteiger partial charge >= 0.3 is 11.9 Å². The van der Waals surface area contributed by atoms with Crippen molar-refractivity contribution >= 4 is 23.9 Å². The van der Waals surface area contributed by atoms with Crippen LogP contribution in [0.2, 0.25) is 0 Å². The van der Waals surface area contributed by atoms with E-state index in [4.69, 9.17) is 9.47 Å². The largest absolute Gasteiger partial charge is 0.478 e. The van der Waals surface area contributed by atoms with E-state index in [2.05, 4.69) is 0 Å². The number of benzene rings is 2. The molecule has 4 rings (SSSR count). The van der Waals surface area contributed by atoms with Gasteiger partial charge in [-0.05, 0) is 11.1 Å². The van der Waals surface area contributed by atoms with Crippen LogP contribution in [0.5, 0.6) is 0 Å². The molecule has 0 saturated carbocycles. The van der Waals surface area contributed by atoms with Crippen LogP contribution in [0.15, 0.2) is 78.6 Å². The number of β-lactam (4-membered cyclic amide) rings is 1. The Hall–Kier alpha value is -3.87. The standard InChI is InChI=1S/C24H21NO6/c26-20-15-21-25(20)24(19(31-21)14-22(27)28,13-7-12-17-8-3-1-4-9-17)23(29)30-16-18-10-5-2-6-11-18/h1-12,14,21H,13,15-16H2,(H,27,28)/t21-,24?/m1/s1. The van der Waals surface area contributed by atoms with Gasteiger partial charge in [0.15, 0.2) is 6.23 Å². The first kappa shape index (κ1) is 20.4. The van der Waals surface area contributed by atoms with Crippen molar-refractivity contribution in [2.24, 2.45) is 0 Å². The van der Waals surface area contributed by atoms with Gasteiger partial charge in [-0.15, -0.1) is 0 Å². The summed E-state index contributed by atoms with van der Waals surface area (Å²) < 4.78 is 11.2. The number of nitrogens with zero attached hydrogens (tertiary/aromatic N) is 1. The number of hydrogen-bond donors (Lipinski definition) is 1. The number of carboxylic acid groups (broad SMARTS) is 1. The Kier molecular flexibility index (Phi) is 5.58. The maximum atomic E-state index is 13.3. The molecule has 158 valence electrons. The monoisotopic (exact) mass is 419 g/mol. The minimum absolute atomic E-state index is 0.00310. The van der Waals surface area contributed by atoms with Gasteiger partial charge < -0.3 is 14.6 Å². The summed E-state index contributed by atoms with van der Waals surface area (Å²) >= 11 is 0. The van der Waals surface area contributed by atoms with Crippen LogP contribution >= 0.6 is 0 Å². The first-order valence-corrected chi connectivity index (χ1v) is 9.87. The normalized spacial score (nSPS) is 23.4. The van der Waals surface area contributed by atoms with Crippen molar-refractivity contribution in [2.75, 3.05) is 0 Å². The average molecular weight is 419 g/mol. The molecule has 2 aliphatic heterocycles. The zero-order chi connectivity index (χ0) is 21.8. The lowest BCUT2D eigenvalue weighted by Gasteiger charge is -2.40. The van der Waals surface area contributed by atoms with E-state index in [1.807, 2.05) is 66.7 Å². The topological polar surface area (TPSA) is 93.1 Å². The molecular formula is C24H21NO6. The summed E-state index contributed by atoms with van der Waals surface area (Å²) in [6.45, 7) is -0.00310. The number of rotatable bonds is 7. The highest BCUT2D eigenvalue weighted by Gasteiger charge is 2.65. The molecule has 7 heteroatoms. The molecule has 2 aromatic carbocycles. The van der Waals surface area contributed by atoms with Crippen LogP contribution in [0, 0.1) is 0 Å². The van der Waals surface area contributed by atoms with E-state index in [9.17, 15) is 19.5 Å². The Bertz CT molecular complexity index is 1050. The minimum Gasteiger partial charge on any atom is -0.478 e. The van der Waals surface area contributed by atoms with Crippen LogP contribution in [-0.2, 0) is 30.5 Å². The van der Waals surface area contributed by atoms with Crippen LogP contribution in [0.25, 0.3) is 6.08 Å². The molecule has 2 atom stereocenters. The molecule has 0 radical (unpaired) electrons. The fourth-order valence-electron chi connectivity index (χ4n) is 3.82. The SMILES string of the molecule is O=C(O)C=C1O[C@@H]2CC(=O)N2C1(CC=Cc1ccccc1)C(=O)OCc1ccccc1. The highest BCUT2D eigenvalue weighted by Crippen LogP contribution is 2.47. The van der Waals surface area contributed by atoms with Crippen LogP contribution in [-0.4, -0.2) is 39.6 Å². The van der Waals surface area contributed by atoms with Gasteiger partial charge in [0.2, 0.25) is 11.4 Å². The Balaban J connectivity index is 1.66. The molecule has 1 amide bonds. The van der Waals surface area contributed by atoms with Crippen LogP contribution in [0.4, 0.5) is 0 Å². The number of carbonyl (C=O) groups is 3. The molecule has 2 saturated heterocycles. The van der Waals surface area contributed by atoms with Crippen LogP contribution < -0.4 is 0 Å². The van der Waals surface area contributed by atoms with Gasteiger partial charge in [0, 0.05) is 6.42 Å². The van der Waals surface area contributed by atoms with Crippen molar-refractivity contribution in [1.29, 1.82) is 0 Å². The number of aliphatic carboxylic acids is 1. The van der Waals surface area contributed by atoms with Crippen molar-refractivity contribution in [3.8, 4) is 0 Å². The quantitative estimate of drug-likeness (QED) is 0.421. The molecule has 2 aromatic rings. The lowest BCUT2D eigenvalue weighted by molar-refractivity contribution is -0.174. The van der Waals surface area contributed by atoms with Gasteiger partial charge in [0.1, 0.15) is 12.4 Å². The fourth-order valence-corrected chi connectivity index (χ4v) is 3.82. The summed E-state index contributed by atoms with van der Waals surface area (Å²) in [5, 5.41) is 9.33. The van der Waals surface area contributed by atoms with Crippen molar-refractivity contribution in [3.63, 3.8) is 0 Å². The molecule has 31 heavy (non-hydrogen) atoms. The number of carbonyl (C=O) groups excluding carboxylic acids is 2.